The highest BCUT2D eigenvalue weighted by Gasteiger charge is 2.29. The van der Waals surface area contributed by atoms with Crippen LogP contribution in [-0.4, -0.2) is 9.13 Å². The van der Waals surface area contributed by atoms with Crippen LogP contribution in [0.1, 0.15) is 44.5 Å². The molecule has 19 heavy (non-hydrogen) atoms. The lowest BCUT2D eigenvalue weighted by Gasteiger charge is -2.20. The van der Waals surface area contributed by atoms with Crippen molar-refractivity contribution in [3.05, 3.63) is 58.3 Å². The number of benzene rings is 1. The summed E-state index contributed by atoms with van der Waals surface area (Å²) in [7, 11) is 0. The average molecular weight is 256 g/mol. The first-order chi connectivity index (χ1) is 8.98. The van der Waals surface area contributed by atoms with Crippen LogP contribution < -0.4 is 5.69 Å². The Bertz CT molecular complexity index is 644. The van der Waals surface area contributed by atoms with Gasteiger partial charge in [-0.05, 0) is 39.2 Å². The number of nitrogens with zero attached hydrogens (tertiary/aromatic N) is 2. The molecule has 0 bridgehead atoms. The van der Waals surface area contributed by atoms with Crippen LogP contribution in [0.25, 0.3) is 0 Å². The fourth-order valence-electron chi connectivity index (χ4n) is 2.91. The van der Waals surface area contributed by atoms with Gasteiger partial charge in [0.2, 0.25) is 0 Å². The smallest absolute Gasteiger partial charge is 0.294 e. The van der Waals surface area contributed by atoms with E-state index in [1.165, 1.54) is 5.56 Å². The molecular formula is C16H20N2O. The highest BCUT2D eigenvalue weighted by atomic mass is 16.2. The van der Waals surface area contributed by atoms with Crippen molar-refractivity contribution in [1.29, 1.82) is 0 Å². The van der Waals surface area contributed by atoms with Crippen molar-refractivity contribution >= 4 is 0 Å². The van der Waals surface area contributed by atoms with Gasteiger partial charge in [0, 0.05) is 17.4 Å². The second-order valence-corrected chi connectivity index (χ2v) is 6.28. The van der Waals surface area contributed by atoms with Crippen LogP contribution in [-0.2, 0) is 12.0 Å². The van der Waals surface area contributed by atoms with Crippen molar-refractivity contribution in [3.63, 3.8) is 0 Å². The summed E-state index contributed by atoms with van der Waals surface area (Å²) in [4.78, 5) is 12.6. The van der Waals surface area contributed by atoms with E-state index in [1.54, 1.807) is 0 Å². The molecule has 0 amide bonds. The molecular weight excluding hydrogens is 236 g/mol. The predicted molar refractivity (Wildman–Crippen MR) is 76.6 cm³/mol. The maximum absolute atomic E-state index is 12.6. The largest absolute Gasteiger partial charge is 0.329 e. The molecule has 3 heteroatoms. The molecule has 0 saturated heterocycles. The first-order valence-corrected chi connectivity index (χ1v) is 6.86. The summed E-state index contributed by atoms with van der Waals surface area (Å²) in [6, 6.07) is 10.5. The van der Waals surface area contributed by atoms with Crippen molar-refractivity contribution in [2.24, 2.45) is 0 Å². The normalized spacial score (nSPS) is 18.6. The van der Waals surface area contributed by atoms with Gasteiger partial charge in [-0.25, -0.2) is 4.79 Å². The molecule has 0 fully saturated rings. The predicted octanol–water partition coefficient (Wildman–Crippen LogP) is 2.94. The number of aryl methyl sites for hydroxylation is 1. The summed E-state index contributed by atoms with van der Waals surface area (Å²) in [6.07, 6.45) is 4.04. The molecule has 0 unspecified atom stereocenters. The lowest BCUT2D eigenvalue weighted by atomic mass is 10.0. The van der Waals surface area contributed by atoms with Crippen molar-refractivity contribution in [2.45, 2.75) is 45.2 Å². The van der Waals surface area contributed by atoms with E-state index in [9.17, 15) is 4.79 Å². The van der Waals surface area contributed by atoms with Crippen molar-refractivity contribution in [2.75, 3.05) is 0 Å². The van der Waals surface area contributed by atoms with Gasteiger partial charge >= 0.3 is 5.69 Å². The quantitative estimate of drug-likeness (QED) is 0.770. The standard InChI is InChI=1S/C16H20N2O/c1-16(2,3)17-11-13-9-10-14(18(13)15(17)19)12-7-5-4-6-8-12/h4-8,11,14H,9-10H2,1-3H3/t14-/m1/s1. The summed E-state index contributed by atoms with van der Waals surface area (Å²) in [5.41, 5.74) is 2.35. The van der Waals surface area contributed by atoms with Crippen LogP contribution in [0.15, 0.2) is 41.3 Å². The van der Waals surface area contributed by atoms with Crippen LogP contribution in [0.5, 0.6) is 0 Å². The Balaban J connectivity index is 2.11. The van der Waals surface area contributed by atoms with Gasteiger partial charge in [-0.1, -0.05) is 30.3 Å². The first-order valence-electron chi connectivity index (χ1n) is 6.86. The van der Waals surface area contributed by atoms with Crippen LogP contribution in [0, 0.1) is 0 Å². The molecule has 3 rings (SSSR count). The SMILES string of the molecule is CC(C)(C)n1cc2n(c1=O)[C@@H](c1ccccc1)CC2. The van der Waals surface area contributed by atoms with Crippen LogP contribution in [0.3, 0.4) is 0 Å². The van der Waals surface area contributed by atoms with Gasteiger partial charge in [0.05, 0.1) is 6.04 Å². The van der Waals surface area contributed by atoms with Gasteiger partial charge in [-0.3, -0.25) is 9.13 Å². The Morgan fingerprint density at radius 1 is 1.16 bits per heavy atom. The summed E-state index contributed by atoms with van der Waals surface area (Å²) in [5, 5.41) is 0. The maximum atomic E-state index is 12.6. The van der Waals surface area contributed by atoms with Gasteiger partial charge in [-0.15, -0.1) is 0 Å². The lowest BCUT2D eigenvalue weighted by Crippen LogP contribution is -2.35. The minimum absolute atomic E-state index is 0.119. The molecule has 0 spiro atoms. The zero-order chi connectivity index (χ0) is 13.6. The van der Waals surface area contributed by atoms with E-state index in [1.807, 2.05) is 33.5 Å². The molecule has 0 aliphatic carbocycles. The monoisotopic (exact) mass is 256 g/mol. The maximum Gasteiger partial charge on any atom is 0.329 e. The van der Waals surface area contributed by atoms with Gasteiger partial charge in [0.1, 0.15) is 0 Å². The summed E-state index contributed by atoms with van der Waals surface area (Å²) < 4.78 is 3.83. The molecule has 1 aliphatic rings. The number of rotatable bonds is 1. The topological polar surface area (TPSA) is 26.9 Å². The molecule has 3 nitrogen and oxygen atoms in total. The number of hydrogen-bond acceptors (Lipinski definition) is 1. The van der Waals surface area contributed by atoms with E-state index in [-0.39, 0.29) is 17.3 Å². The molecule has 0 saturated carbocycles. The van der Waals surface area contributed by atoms with Crippen molar-refractivity contribution in [3.8, 4) is 0 Å². The first kappa shape index (κ1) is 12.3. The van der Waals surface area contributed by atoms with Gasteiger partial charge < -0.3 is 0 Å². The van der Waals surface area contributed by atoms with E-state index in [4.69, 9.17) is 0 Å². The van der Waals surface area contributed by atoms with E-state index < -0.39 is 0 Å². The van der Waals surface area contributed by atoms with E-state index in [2.05, 4.69) is 32.9 Å². The zero-order valence-corrected chi connectivity index (χ0v) is 11.8. The van der Waals surface area contributed by atoms with Gasteiger partial charge in [-0.2, -0.15) is 0 Å². The van der Waals surface area contributed by atoms with Gasteiger partial charge in [0.15, 0.2) is 0 Å². The third kappa shape index (κ3) is 1.93. The highest BCUT2D eigenvalue weighted by molar-refractivity contribution is 5.24. The Hall–Kier alpha value is -1.77. The molecule has 1 aliphatic heterocycles. The van der Waals surface area contributed by atoms with Crippen LogP contribution in [0.4, 0.5) is 0 Å². The minimum Gasteiger partial charge on any atom is -0.294 e. The third-order valence-corrected chi connectivity index (χ3v) is 3.89. The minimum atomic E-state index is -0.157. The lowest BCUT2D eigenvalue weighted by molar-refractivity contribution is 0.374. The molecule has 0 radical (unpaired) electrons. The number of aromatic nitrogens is 2. The Morgan fingerprint density at radius 2 is 1.84 bits per heavy atom. The Morgan fingerprint density at radius 3 is 2.47 bits per heavy atom. The molecule has 1 atom stereocenters. The molecule has 100 valence electrons. The fraction of sp³-hybridized carbons (Fsp3) is 0.438. The molecule has 0 N–H and O–H groups in total. The summed E-state index contributed by atoms with van der Waals surface area (Å²) in [6.45, 7) is 6.21. The van der Waals surface area contributed by atoms with E-state index in [0.717, 1.165) is 18.5 Å². The second kappa shape index (κ2) is 4.12. The summed E-state index contributed by atoms with van der Waals surface area (Å²) >= 11 is 0. The molecule has 1 aromatic carbocycles. The Kier molecular flexibility index (Phi) is 2.66. The second-order valence-electron chi connectivity index (χ2n) is 6.28. The van der Waals surface area contributed by atoms with E-state index >= 15 is 0 Å². The molecule has 2 aromatic rings. The van der Waals surface area contributed by atoms with Crippen molar-refractivity contribution in [1.82, 2.24) is 9.13 Å². The third-order valence-electron chi connectivity index (χ3n) is 3.89. The van der Waals surface area contributed by atoms with E-state index in [0.29, 0.717) is 0 Å². The summed E-state index contributed by atoms with van der Waals surface area (Å²) in [5.74, 6) is 0. The molecule has 1 aromatic heterocycles. The fourth-order valence-corrected chi connectivity index (χ4v) is 2.91. The Labute approximate surface area is 113 Å². The highest BCUT2D eigenvalue weighted by Crippen LogP contribution is 2.31. The average Bonchev–Trinajstić information content (AvgIpc) is 2.91. The molecule has 2 heterocycles. The van der Waals surface area contributed by atoms with Crippen LogP contribution in [0.2, 0.25) is 0 Å². The van der Waals surface area contributed by atoms with Crippen molar-refractivity contribution < 1.29 is 0 Å². The van der Waals surface area contributed by atoms with Gasteiger partial charge in [0.25, 0.3) is 0 Å². The zero-order valence-electron chi connectivity index (χ0n) is 11.8. The number of fused-ring (bicyclic) bond motifs is 1. The number of imidazole rings is 1. The van der Waals surface area contributed by atoms with Crippen LogP contribution >= 0.6 is 0 Å². The number of hydrogen-bond donors (Lipinski definition) is 0.